The number of hydrogen-bond donors (Lipinski definition) is 2. The van der Waals surface area contributed by atoms with Crippen molar-refractivity contribution in [1.29, 1.82) is 0 Å². The molecule has 6 heteroatoms. The van der Waals surface area contributed by atoms with Crippen molar-refractivity contribution in [2.75, 3.05) is 13.1 Å². The molecule has 3 aliphatic heterocycles. The molecule has 3 heterocycles. The van der Waals surface area contributed by atoms with Gasteiger partial charge in [0.15, 0.2) is 25.5 Å². The average molecular weight is 260 g/mol. The van der Waals surface area contributed by atoms with Crippen LogP contribution in [0.3, 0.4) is 0 Å². The maximum Gasteiger partial charge on any atom is 0.352 e. The number of hydrogen-bond acceptors (Lipinski definition) is 2. The fourth-order valence-electron chi connectivity index (χ4n) is 2.98. The Bertz CT molecular complexity index is 548. The highest BCUT2D eigenvalue weighted by atomic mass is 16.1. The standard InChI is InChI=1S/C13H14N4O2/c14-11(18)9-4-8-5-10(12(15)19)7-17-3-1-2-16(6-9)13(8)17/h4-8,13H,1-3H2,(H2-2,14,15,18,19)/p+2. The van der Waals surface area contributed by atoms with Crippen LogP contribution in [-0.4, -0.2) is 52.6 Å². The molecule has 98 valence electrons. The number of amides is 2. The van der Waals surface area contributed by atoms with Crippen LogP contribution in [0.5, 0.6) is 0 Å². The van der Waals surface area contributed by atoms with Gasteiger partial charge in [-0.3, -0.25) is 9.59 Å². The largest absolute Gasteiger partial charge is 0.365 e. The van der Waals surface area contributed by atoms with E-state index in [2.05, 4.69) is 9.15 Å². The smallest absolute Gasteiger partial charge is 0.352 e. The highest BCUT2D eigenvalue weighted by Crippen LogP contribution is 2.25. The summed E-state index contributed by atoms with van der Waals surface area (Å²) in [7, 11) is 0. The zero-order valence-electron chi connectivity index (χ0n) is 10.5. The van der Waals surface area contributed by atoms with Gasteiger partial charge in [0.2, 0.25) is 0 Å². The second kappa shape index (κ2) is 4.15. The summed E-state index contributed by atoms with van der Waals surface area (Å²) in [6.07, 6.45) is 8.35. The number of carbonyl (C=O) groups is 2. The normalized spacial score (nSPS) is 28.4. The fraction of sp³-hybridized carbons (Fsp3) is 0.385. The van der Waals surface area contributed by atoms with Crippen molar-refractivity contribution in [1.82, 2.24) is 0 Å². The molecule has 3 rings (SSSR count). The first-order valence-corrected chi connectivity index (χ1v) is 6.31. The number of primary amides is 2. The molecule has 3 aliphatic rings. The van der Waals surface area contributed by atoms with Gasteiger partial charge in [0.1, 0.15) is 5.92 Å². The van der Waals surface area contributed by atoms with E-state index >= 15 is 0 Å². The van der Waals surface area contributed by atoms with Crippen LogP contribution in [0, 0.1) is 5.92 Å². The number of nitrogens with zero attached hydrogens (tertiary/aromatic N) is 2. The van der Waals surface area contributed by atoms with Crippen molar-refractivity contribution in [3.8, 4) is 0 Å². The molecule has 0 aromatic rings. The molecule has 0 unspecified atom stereocenters. The second-order valence-corrected chi connectivity index (χ2v) is 5.05. The molecule has 0 saturated carbocycles. The second-order valence-electron chi connectivity index (χ2n) is 5.05. The van der Waals surface area contributed by atoms with E-state index in [0.717, 1.165) is 19.5 Å². The molecule has 1 saturated heterocycles. The number of carbonyl (C=O) groups excluding carboxylic acids is 2. The van der Waals surface area contributed by atoms with Gasteiger partial charge in [-0.25, -0.2) is 0 Å². The van der Waals surface area contributed by atoms with E-state index in [1.807, 2.05) is 24.6 Å². The quantitative estimate of drug-likeness (QED) is 0.582. The number of nitrogens with two attached hydrogens (primary N) is 2. The third-order valence-corrected chi connectivity index (χ3v) is 3.78. The van der Waals surface area contributed by atoms with Gasteiger partial charge in [-0.15, -0.1) is 0 Å². The highest BCUT2D eigenvalue weighted by Gasteiger charge is 2.46. The van der Waals surface area contributed by atoms with Crippen LogP contribution < -0.4 is 11.5 Å². The van der Waals surface area contributed by atoms with E-state index in [0.29, 0.717) is 11.1 Å². The molecular formula is C13H16N4O2+2. The molecule has 0 aromatic carbocycles. The molecule has 0 atom stereocenters. The van der Waals surface area contributed by atoms with Gasteiger partial charge in [0, 0.05) is 0 Å². The Kier molecular flexibility index (Phi) is 2.58. The summed E-state index contributed by atoms with van der Waals surface area (Å²) in [5, 5.41) is 0. The highest BCUT2D eigenvalue weighted by molar-refractivity contribution is 6.11. The average Bonchev–Trinajstić information content (AvgIpc) is 2.38. The van der Waals surface area contributed by atoms with E-state index in [4.69, 9.17) is 11.5 Å². The Balaban J connectivity index is 2.08. The molecule has 0 bridgehead atoms. The molecular weight excluding hydrogens is 244 g/mol. The first-order chi connectivity index (χ1) is 9.06. The SMILES string of the molecule is NC(=O)C1=CC2C=C(C(N)=O)C=[N+]3CCC[N+](=C1)C23. The molecule has 6 nitrogen and oxygen atoms in total. The monoisotopic (exact) mass is 260 g/mol. The Morgan fingerprint density at radius 1 is 1.00 bits per heavy atom. The maximum absolute atomic E-state index is 11.4. The van der Waals surface area contributed by atoms with Gasteiger partial charge in [0.05, 0.1) is 17.6 Å². The first kappa shape index (κ1) is 11.8. The Hall–Kier alpha value is -2.24. The van der Waals surface area contributed by atoms with Crippen molar-refractivity contribution in [2.24, 2.45) is 17.4 Å². The van der Waals surface area contributed by atoms with Crippen LogP contribution in [0.1, 0.15) is 6.42 Å². The molecule has 2 amide bonds. The van der Waals surface area contributed by atoms with E-state index < -0.39 is 11.8 Å². The Morgan fingerprint density at radius 3 is 1.89 bits per heavy atom. The zero-order valence-corrected chi connectivity index (χ0v) is 10.5. The van der Waals surface area contributed by atoms with Gasteiger partial charge in [-0.1, -0.05) is 0 Å². The van der Waals surface area contributed by atoms with E-state index in [-0.39, 0.29) is 12.1 Å². The van der Waals surface area contributed by atoms with Crippen molar-refractivity contribution >= 4 is 24.2 Å². The summed E-state index contributed by atoms with van der Waals surface area (Å²) in [5.41, 5.74) is 11.7. The molecule has 4 N–H and O–H groups in total. The van der Waals surface area contributed by atoms with Crippen molar-refractivity contribution in [2.45, 2.75) is 12.6 Å². The van der Waals surface area contributed by atoms with Crippen LogP contribution in [0.25, 0.3) is 0 Å². The lowest BCUT2D eigenvalue weighted by atomic mass is 9.91. The van der Waals surface area contributed by atoms with E-state index in [1.165, 1.54) is 0 Å². The third-order valence-electron chi connectivity index (χ3n) is 3.78. The predicted octanol–water partition coefficient (Wildman–Crippen LogP) is -1.65. The van der Waals surface area contributed by atoms with Crippen molar-refractivity contribution in [3.05, 3.63) is 23.3 Å². The Morgan fingerprint density at radius 2 is 1.47 bits per heavy atom. The Labute approximate surface area is 110 Å². The lowest BCUT2D eigenvalue weighted by Crippen LogP contribution is -2.52. The summed E-state index contributed by atoms with van der Waals surface area (Å²) >= 11 is 0. The lowest BCUT2D eigenvalue weighted by Gasteiger charge is -2.28. The first-order valence-electron chi connectivity index (χ1n) is 6.31. The van der Waals surface area contributed by atoms with Gasteiger partial charge >= 0.3 is 6.17 Å². The van der Waals surface area contributed by atoms with Crippen molar-refractivity contribution < 1.29 is 18.7 Å². The topological polar surface area (TPSA) is 92.2 Å². The zero-order chi connectivity index (χ0) is 13.6. The summed E-state index contributed by atoms with van der Waals surface area (Å²) in [4.78, 5) is 22.7. The van der Waals surface area contributed by atoms with E-state index in [1.54, 1.807) is 0 Å². The molecule has 0 aliphatic carbocycles. The van der Waals surface area contributed by atoms with Crippen LogP contribution in [0.2, 0.25) is 0 Å². The molecule has 0 aromatic heterocycles. The van der Waals surface area contributed by atoms with Gasteiger partial charge in [0.25, 0.3) is 11.8 Å². The molecule has 19 heavy (non-hydrogen) atoms. The molecule has 0 radical (unpaired) electrons. The molecule has 0 spiro atoms. The van der Waals surface area contributed by atoms with Crippen LogP contribution in [0.4, 0.5) is 0 Å². The minimum atomic E-state index is -0.445. The van der Waals surface area contributed by atoms with Crippen LogP contribution in [0.15, 0.2) is 23.3 Å². The van der Waals surface area contributed by atoms with Gasteiger partial charge in [-0.2, -0.15) is 9.15 Å². The summed E-state index contributed by atoms with van der Waals surface area (Å²) < 4.78 is 4.22. The van der Waals surface area contributed by atoms with Crippen LogP contribution >= 0.6 is 0 Å². The number of rotatable bonds is 2. The third kappa shape index (κ3) is 1.89. The van der Waals surface area contributed by atoms with Crippen LogP contribution in [-0.2, 0) is 9.59 Å². The van der Waals surface area contributed by atoms with E-state index in [9.17, 15) is 9.59 Å². The summed E-state index contributed by atoms with van der Waals surface area (Å²) in [5.74, 6) is -0.932. The minimum absolute atomic E-state index is 0.0414. The molecule has 1 fully saturated rings. The van der Waals surface area contributed by atoms with Gasteiger partial charge < -0.3 is 11.5 Å². The van der Waals surface area contributed by atoms with Gasteiger partial charge in [-0.05, 0) is 12.2 Å². The minimum Gasteiger partial charge on any atom is -0.365 e. The van der Waals surface area contributed by atoms with Crippen molar-refractivity contribution in [3.63, 3.8) is 0 Å². The summed E-state index contributed by atoms with van der Waals surface area (Å²) in [6.45, 7) is 1.77. The lowest BCUT2D eigenvalue weighted by molar-refractivity contribution is -0.801. The maximum atomic E-state index is 11.4. The summed E-state index contributed by atoms with van der Waals surface area (Å²) in [6, 6.07) is 0. The fourth-order valence-corrected chi connectivity index (χ4v) is 2.98. The predicted molar refractivity (Wildman–Crippen MR) is 68.8 cm³/mol.